The number of aryl methyl sites for hydroxylation is 2. The molecule has 0 saturated carbocycles. The summed E-state index contributed by atoms with van der Waals surface area (Å²) < 4.78 is 0. The fourth-order valence-electron chi connectivity index (χ4n) is 3.99. The fourth-order valence-corrected chi connectivity index (χ4v) is 3.99. The van der Waals surface area contributed by atoms with Gasteiger partial charge in [-0.05, 0) is 55.5 Å². The molecule has 2 atom stereocenters. The van der Waals surface area contributed by atoms with E-state index in [4.69, 9.17) is 0 Å². The SMILES string of the molecule is Cc1ccc(NC(=O)CN2CC[C@H](O)[C@](CO)(Cc3ccccc3)C2)cc1C. The van der Waals surface area contributed by atoms with Gasteiger partial charge in [0.15, 0.2) is 0 Å². The Morgan fingerprint density at radius 3 is 2.61 bits per heavy atom. The molecule has 0 unspecified atom stereocenters. The maximum Gasteiger partial charge on any atom is 0.238 e. The van der Waals surface area contributed by atoms with E-state index in [1.807, 2.05) is 67.3 Å². The summed E-state index contributed by atoms with van der Waals surface area (Å²) >= 11 is 0. The molecule has 0 radical (unpaired) electrons. The zero-order valence-corrected chi connectivity index (χ0v) is 16.7. The number of carbonyl (C=O) groups excluding carboxylic acids is 1. The van der Waals surface area contributed by atoms with Crippen molar-refractivity contribution < 1.29 is 15.0 Å². The Morgan fingerprint density at radius 1 is 1.18 bits per heavy atom. The molecule has 0 aliphatic carbocycles. The molecular weight excluding hydrogens is 352 g/mol. The van der Waals surface area contributed by atoms with E-state index in [0.717, 1.165) is 16.8 Å². The first-order chi connectivity index (χ1) is 13.4. The second-order valence-electron chi connectivity index (χ2n) is 8.05. The van der Waals surface area contributed by atoms with Gasteiger partial charge >= 0.3 is 0 Å². The average Bonchev–Trinajstić information content (AvgIpc) is 2.68. The Kier molecular flexibility index (Phi) is 6.50. The van der Waals surface area contributed by atoms with Crippen LogP contribution in [-0.4, -0.2) is 53.4 Å². The molecule has 2 aromatic rings. The molecule has 0 aromatic heterocycles. The zero-order valence-electron chi connectivity index (χ0n) is 16.7. The number of likely N-dealkylation sites (tertiary alicyclic amines) is 1. The van der Waals surface area contributed by atoms with Crippen LogP contribution in [0.5, 0.6) is 0 Å². The zero-order chi connectivity index (χ0) is 20.1. The average molecular weight is 383 g/mol. The second-order valence-corrected chi connectivity index (χ2v) is 8.05. The van der Waals surface area contributed by atoms with Crippen LogP contribution in [0.3, 0.4) is 0 Å². The smallest absolute Gasteiger partial charge is 0.238 e. The molecule has 0 bridgehead atoms. The minimum atomic E-state index is -0.652. The topological polar surface area (TPSA) is 72.8 Å². The van der Waals surface area contributed by atoms with Crippen molar-refractivity contribution in [2.75, 3.05) is 31.6 Å². The van der Waals surface area contributed by atoms with Crippen molar-refractivity contribution in [2.24, 2.45) is 5.41 Å². The van der Waals surface area contributed by atoms with Crippen LogP contribution >= 0.6 is 0 Å². The van der Waals surface area contributed by atoms with E-state index in [0.29, 0.717) is 25.9 Å². The molecule has 1 fully saturated rings. The Balaban J connectivity index is 1.65. The van der Waals surface area contributed by atoms with Crippen molar-refractivity contribution >= 4 is 11.6 Å². The first-order valence-corrected chi connectivity index (χ1v) is 9.84. The molecular formula is C23H30N2O3. The van der Waals surface area contributed by atoms with Gasteiger partial charge in [0.25, 0.3) is 0 Å². The summed E-state index contributed by atoms with van der Waals surface area (Å²) in [6.45, 7) is 5.32. The number of carbonyl (C=O) groups is 1. The number of hydrogen-bond acceptors (Lipinski definition) is 4. The van der Waals surface area contributed by atoms with Crippen LogP contribution in [0, 0.1) is 19.3 Å². The van der Waals surface area contributed by atoms with Gasteiger partial charge in [-0.15, -0.1) is 0 Å². The number of aliphatic hydroxyl groups excluding tert-OH is 2. The molecule has 3 N–H and O–H groups in total. The molecule has 1 saturated heterocycles. The van der Waals surface area contributed by atoms with Gasteiger partial charge in [-0.3, -0.25) is 9.69 Å². The number of anilines is 1. The number of hydrogen-bond donors (Lipinski definition) is 3. The van der Waals surface area contributed by atoms with Crippen molar-refractivity contribution in [1.82, 2.24) is 4.90 Å². The van der Waals surface area contributed by atoms with Gasteiger partial charge in [0.05, 0.1) is 19.3 Å². The highest BCUT2D eigenvalue weighted by atomic mass is 16.3. The largest absolute Gasteiger partial charge is 0.396 e. The summed E-state index contributed by atoms with van der Waals surface area (Å²) in [5.41, 5.74) is 3.55. The van der Waals surface area contributed by atoms with Crippen LogP contribution in [-0.2, 0) is 11.2 Å². The molecule has 2 aromatic carbocycles. The third kappa shape index (κ3) is 4.79. The Hall–Kier alpha value is -2.21. The minimum absolute atomic E-state index is 0.0776. The molecule has 5 heteroatoms. The van der Waals surface area contributed by atoms with E-state index < -0.39 is 11.5 Å². The lowest BCUT2D eigenvalue weighted by atomic mass is 9.73. The number of aliphatic hydroxyl groups is 2. The molecule has 3 rings (SSSR count). The van der Waals surface area contributed by atoms with Crippen molar-refractivity contribution in [3.05, 3.63) is 65.2 Å². The van der Waals surface area contributed by atoms with Gasteiger partial charge in [-0.1, -0.05) is 36.4 Å². The standard InChI is InChI=1S/C23H30N2O3/c1-17-8-9-20(12-18(17)2)24-22(28)14-25-11-10-21(27)23(15-25,16-26)13-19-6-4-3-5-7-19/h3-9,12,21,26-27H,10-11,13-16H2,1-2H3,(H,24,28)/t21-,23+/m0/s1. The predicted molar refractivity (Wildman–Crippen MR) is 111 cm³/mol. The van der Waals surface area contributed by atoms with E-state index in [-0.39, 0.29) is 19.1 Å². The molecule has 1 heterocycles. The number of benzene rings is 2. The summed E-state index contributed by atoms with van der Waals surface area (Å²) in [5.74, 6) is -0.0776. The first kappa shape index (κ1) is 20.5. The van der Waals surface area contributed by atoms with E-state index in [1.165, 1.54) is 5.56 Å². The van der Waals surface area contributed by atoms with E-state index >= 15 is 0 Å². The van der Waals surface area contributed by atoms with Gasteiger partial charge in [0, 0.05) is 24.2 Å². The number of nitrogens with zero attached hydrogens (tertiary/aromatic N) is 1. The Labute approximate surface area is 167 Å². The van der Waals surface area contributed by atoms with Gasteiger partial charge in [-0.25, -0.2) is 0 Å². The number of nitrogens with one attached hydrogen (secondary N) is 1. The highest BCUT2D eigenvalue weighted by molar-refractivity contribution is 5.92. The van der Waals surface area contributed by atoms with Crippen LogP contribution < -0.4 is 5.32 Å². The third-order valence-corrected chi connectivity index (χ3v) is 5.84. The monoisotopic (exact) mass is 382 g/mol. The van der Waals surface area contributed by atoms with Crippen LogP contribution in [0.1, 0.15) is 23.1 Å². The molecule has 0 spiro atoms. The third-order valence-electron chi connectivity index (χ3n) is 5.84. The molecule has 1 aliphatic rings. The normalized spacial score (nSPS) is 22.8. The van der Waals surface area contributed by atoms with Crippen molar-refractivity contribution in [3.8, 4) is 0 Å². The van der Waals surface area contributed by atoms with Crippen LogP contribution in [0.4, 0.5) is 5.69 Å². The van der Waals surface area contributed by atoms with Crippen LogP contribution in [0.2, 0.25) is 0 Å². The summed E-state index contributed by atoms with van der Waals surface area (Å²) in [7, 11) is 0. The lowest BCUT2D eigenvalue weighted by Gasteiger charge is -2.45. The van der Waals surface area contributed by atoms with Gasteiger partial charge in [-0.2, -0.15) is 0 Å². The summed E-state index contributed by atoms with van der Waals surface area (Å²) in [4.78, 5) is 14.6. The summed E-state index contributed by atoms with van der Waals surface area (Å²) in [6.07, 6.45) is 0.544. The maximum atomic E-state index is 12.5. The molecule has 1 aliphatic heterocycles. The maximum absolute atomic E-state index is 12.5. The highest BCUT2D eigenvalue weighted by Crippen LogP contribution is 2.33. The first-order valence-electron chi connectivity index (χ1n) is 9.84. The molecule has 5 nitrogen and oxygen atoms in total. The summed E-state index contributed by atoms with van der Waals surface area (Å²) in [5, 5.41) is 23.7. The van der Waals surface area contributed by atoms with Crippen LogP contribution in [0.25, 0.3) is 0 Å². The number of rotatable bonds is 6. The van der Waals surface area contributed by atoms with Crippen molar-refractivity contribution in [2.45, 2.75) is 32.8 Å². The Bertz CT molecular complexity index is 809. The molecule has 28 heavy (non-hydrogen) atoms. The van der Waals surface area contributed by atoms with Crippen molar-refractivity contribution in [1.29, 1.82) is 0 Å². The van der Waals surface area contributed by atoms with Gasteiger partial charge < -0.3 is 15.5 Å². The fraction of sp³-hybridized carbons (Fsp3) is 0.435. The minimum Gasteiger partial charge on any atom is -0.396 e. The molecule has 150 valence electrons. The number of piperidine rings is 1. The molecule has 1 amide bonds. The lowest BCUT2D eigenvalue weighted by Crippen LogP contribution is -2.56. The van der Waals surface area contributed by atoms with Crippen molar-refractivity contribution in [3.63, 3.8) is 0 Å². The van der Waals surface area contributed by atoms with E-state index in [1.54, 1.807) is 0 Å². The second kappa shape index (κ2) is 8.86. The highest BCUT2D eigenvalue weighted by Gasteiger charge is 2.42. The van der Waals surface area contributed by atoms with E-state index in [9.17, 15) is 15.0 Å². The lowest BCUT2D eigenvalue weighted by molar-refractivity contribution is -0.121. The van der Waals surface area contributed by atoms with Gasteiger partial charge in [0.1, 0.15) is 0 Å². The van der Waals surface area contributed by atoms with Crippen LogP contribution in [0.15, 0.2) is 48.5 Å². The number of amides is 1. The summed E-state index contributed by atoms with van der Waals surface area (Å²) in [6, 6.07) is 15.8. The quantitative estimate of drug-likeness (QED) is 0.718. The van der Waals surface area contributed by atoms with E-state index in [2.05, 4.69) is 5.32 Å². The van der Waals surface area contributed by atoms with Gasteiger partial charge in [0.2, 0.25) is 5.91 Å². The Morgan fingerprint density at radius 2 is 1.93 bits per heavy atom. The predicted octanol–water partition coefficient (Wildman–Crippen LogP) is 2.53.